The lowest BCUT2D eigenvalue weighted by molar-refractivity contribution is 0.411. The predicted octanol–water partition coefficient (Wildman–Crippen LogP) is 4.15. The minimum Gasteiger partial charge on any atom is -0.496 e. The number of methoxy groups -OCH3 is 1. The van der Waals surface area contributed by atoms with Gasteiger partial charge in [0, 0.05) is 0 Å². The molecule has 1 nitrogen and oxygen atoms in total. The molecule has 0 N–H and O–H groups in total. The van der Waals surface area contributed by atoms with Crippen LogP contribution in [0, 0.1) is 12.8 Å². The number of rotatable bonds is 5. The van der Waals surface area contributed by atoms with Gasteiger partial charge in [-0.15, -0.1) is 0 Å². The van der Waals surface area contributed by atoms with Crippen molar-refractivity contribution in [3.63, 3.8) is 0 Å². The van der Waals surface area contributed by atoms with Crippen LogP contribution < -0.4 is 4.74 Å². The lowest BCUT2D eigenvalue weighted by Gasteiger charge is -2.12. The summed E-state index contributed by atoms with van der Waals surface area (Å²) in [5.41, 5.74) is 3.86. The van der Waals surface area contributed by atoms with Gasteiger partial charge in [0.15, 0.2) is 0 Å². The molecule has 1 aromatic carbocycles. The highest BCUT2D eigenvalue weighted by atomic mass is 16.5. The Labute approximate surface area is 99.1 Å². The van der Waals surface area contributed by atoms with Gasteiger partial charge in [-0.3, -0.25) is 0 Å². The number of aryl methyl sites for hydroxylation is 2. The smallest absolute Gasteiger partial charge is 0.121 e. The van der Waals surface area contributed by atoms with Gasteiger partial charge in [0.05, 0.1) is 7.11 Å². The van der Waals surface area contributed by atoms with E-state index in [1.807, 2.05) is 0 Å². The highest BCUT2D eigenvalue weighted by Gasteiger charge is 2.04. The first-order valence-electron chi connectivity index (χ1n) is 5.83. The molecule has 1 heteroatoms. The Hall–Kier alpha value is -1.24. The van der Waals surface area contributed by atoms with E-state index < -0.39 is 0 Å². The fourth-order valence-electron chi connectivity index (χ4n) is 1.73. The molecule has 1 rings (SSSR count). The summed E-state index contributed by atoms with van der Waals surface area (Å²) in [6.07, 6.45) is 2.28. The summed E-state index contributed by atoms with van der Waals surface area (Å²) in [6.45, 7) is 10.4. The third-order valence-corrected chi connectivity index (χ3v) is 3.17. The zero-order valence-electron chi connectivity index (χ0n) is 10.8. The highest BCUT2D eigenvalue weighted by molar-refractivity contribution is 5.36. The Kier molecular flexibility index (Phi) is 4.60. The normalized spacial score (nSPS) is 12.2. The number of ether oxygens (including phenoxy) is 1. The summed E-state index contributed by atoms with van der Waals surface area (Å²) < 4.78 is 5.25. The average molecular weight is 218 g/mol. The van der Waals surface area contributed by atoms with Crippen LogP contribution in [0.1, 0.15) is 31.4 Å². The van der Waals surface area contributed by atoms with Crippen LogP contribution >= 0.6 is 0 Å². The Bertz CT molecular complexity index is 366. The van der Waals surface area contributed by atoms with E-state index in [0.717, 1.165) is 12.2 Å². The molecule has 1 aromatic rings. The fraction of sp³-hybridized carbons (Fsp3) is 0.467. The lowest BCUT2D eigenvalue weighted by atomic mass is 9.95. The van der Waals surface area contributed by atoms with Crippen LogP contribution in [0.15, 0.2) is 30.4 Å². The summed E-state index contributed by atoms with van der Waals surface area (Å²) in [5, 5.41) is 0. The first kappa shape index (κ1) is 12.8. The molecular formula is C15H22O. The molecule has 0 saturated carbocycles. The van der Waals surface area contributed by atoms with Crippen molar-refractivity contribution in [3.05, 3.63) is 41.5 Å². The zero-order chi connectivity index (χ0) is 12.1. The molecule has 0 aliphatic heterocycles. The molecular weight excluding hydrogens is 196 g/mol. The summed E-state index contributed by atoms with van der Waals surface area (Å²) >= 11 is 0. The maximum atomic E-state index is 5.25. The second kappa shape index (κ2) is 5.74. The summed E-state index contributed by atoms with van der Waals surface area (Å²) in [4.78, 5) is 0. The summed E-state index contributed by atoms with van der Waals surface area (Å²) in [6, 6.07) is 6.41. The largest absolute Gasteiger partial charge is 0.496 e. The minimum atomic E-state index is 0.599. The van der Waals surface area contributed by atoms with Crippen molar-refractivity contribution in [3.8, 4) is 5.75 Å². The van der Waals surface area contributed by atoms with E-state index in [1.54, 1.807) is 7.11 Å². The molecule has 0 heterocycles. The van der Waals surface area contributed by atoms with Gasteiger partial charge >= 0.3 is 0 Å². The Morgan fingerprint density at radius 2 is 2.12 bits per heavy atom. The Morgan fingerprint density at radius 1 is 1.44 bits per heavy atom. The summed E-state index contributed by atoms with van der Waals surface area (Å²) in [5.74, 6) is 1.57. The van der Waals surface area contributed by atoms with Gasteiger partial charge in [0.25, 0.3) is 0 Å². The van der Waals surface area contributed by atoms with Crippen molar-refractivity contribution in [2.24, 2.45) is 5.92 Å². The van der Waals surface area contributed by atoms with Crippen LogP contribution in [-0.4, -0.2) is 7.11 Å². The van der Waals surface area contributed by atoms with Crippen LogP contribution in [0.4, 0.5) is 0 Å². The molecule has 0 aliphatic rings. The number of hydrogen-bond acceptors (Lipinski definition) is 1. The number of allylic oxidation sites excluding steroid dienone is 1. The maximum absolute atomic E-state index is 5.25. The van der Waals surface area contributed by atoms with Crippen molar-refractivity contribution in [1.82, 2.24) is 0 Å². The van der Waals surface area contributed by atoms with Crippen molar-refractivity contribution in [2.45, 2.75) is 33.6 Å². The molecule has 88 valence electrons. The third-order valence-electron chi connectivity index (χ3n) is 3.17. The minimum absolute atomic E-state index is 0.599. The molecule has 0 saturated heterocycles. The van der Waals surface area contributed by atoms with Crippen molar-refractivity contribution in [2.75, 3.05) is 7.11 Å². The second-order valence-electron chi connectivity index (χ2n) is 4.59. The monoisotopic (exact) mass is 218 g/mol. The van der Waals surface area contributed by atoms with Crippen LogP contribution in [0.2, 0.25) is 0 Å². The van der Waals surface area contributed by atoms with Gasteiger partial charge < -0.3 is 4.74 Å². The standard InChI is InChI=1S/C15H22O/c1-11(2)12(3)6-7-14-8-9-15(16-5)13(4)10-14/h8-10,12H,1,6-7H2,2-5H3. The van der Waals surface area contributed by atoms with Gasteiger partial charge in [-0.1, -0.05) is 31.2 Å². The molecule has 16 heavy (non-hydrogen) atoms. The van der Waals surface area contributed by atoms with E-state index in [1.165, 1.54) is 23.1 Å². The van der Waals surface area contributed by atoms with E-state index in [9.17, 15) is 0 Å². The molecule has 0 radical (unpaired) electrons. The molecule has 0 spiro atoms. The molecule has 0 bridgehead atoms. The van der Waals surface area contributed by atoms with Gasteiger partial charge in [-0.2, -0.15) is 0 Å². The zero-order valence-corrected chi connectivity index (χ0v) is 10.8. The Morgan fingerprint density at radius 3 is 2.62 bits per heavy atom. The van der Waals surface area contributed by atoms with Gasteiger partial charge in [0.1, 0.15) is 5.75 Å². The van der Waals surface area contributed by atoms with Crippen LogP contribution in [0.5, 0.6) is 5.75 Å². The van der Waals surface area contributed by atoms with Crippen molar-refractivity contribution in [1.29, 1.82) is 0 Å². The fourth-order valence-corrected chi connectivity index (χ4v) is 1.73. The van der Waals surface area contributed by atoms with Crippen LogP contribution in [0.3, 0.4) is 0 Å². The maximum Gasteiger partial charge on any atom is 0.121 e. The molecule has 1 atom stereocenters. The van der Waals surface area contributed by atoms with Gasteiger partial charge in [-0.25, -0.2) is 0 Å². The van der Waals surface area contributed by atoms with E-state index in [0.29, 0.717) is 5.92 Å². The first-order chi connectivity index (χ1) is 7.54. The van der Waals surface area contributed by atoms with E-state index in [-0.39, 0.29) is 0 Å². The highest BCUT2D eigenvalue weighted by Crippen LogP contribution is 2.21. The topological polar surface area (TPSA) is 9.23 Å². The van der Waals surface area contributed by atoms with Gasteiger partial charge in [-0.05, 0) is 49.8 Å². The molecule has 0 aromatic heterocycles. The van der Waals surface area contributed by atoms with Crippen molar-refractivity contribution >= 4 is 0 Å². The lowest BCUT2D eigenvalue weighted by Crippen LogP contribution is -1.98. The van der Waals surface area contributed by atoms with Crippen LogP contribution in [0.25, 0.3) is 0 Å². The number of benzene rings is 1. The predicted molar refractivity (Wildman–Crippen MR) is 70.0 cm³/mol. The third kappa shape index (κ3) is 3.41. The molecule has 1 unspecified atom stereocenters. The van der Waals surface area contributed by atoms with Crippen molar-refractivity contribution < 1.29 is 4.74 Å². The first-order valence-corrected chi connectivity index (χ1v) is 5.83. The average Bonchev–Trinajstić information content (AvgIpc) is 2.25. The molecule has 0 amide bonds. The Balaban J connectivity index is 2.62. The van der Waals surface area contributed by atoms with Crippen LogP contribution in [-0.2, 0) is 6.42 Å². The second-order valence-corrected chi connectivity index (χ2v) is 4.59. The van der Waals surface area contributed by atoms with E-state index in [4.69, 9.17) is 4.74 Å². The quantitative estimate of drug-likeness (QED) is 0.675. The molecule has 0 fully saturated rings. The van der Waals surface area contributed by atoms with E-state index in [2.05, 4.69) is 45.5 Å². The SMILES string of the molecule is C=C(C)C(C)CCc1ccc(OC)c(C)c1. The number of hydrogen-bond donors (Lipinski definition) is 0. The van der Waals surface area contributed by atoms with Gasteiger partial charge in [0.2, 0.25) is 0 Å². The molecule has 0 aliphatic carbocycles. The van der Waals surface area contributed by atoms with E-state index >= 15 is 0 Å². The summed E-state index contributed by atoms with van der Waals surface area (Å²) in [7, 11) is 1.71.